The molecule has 0 saturated carbocycles. The number of aliphatic hydroxyl groups excluding tert-OH is 3. The van der Waals surface area contributed by atoms with Crippen LogP contribution in [0.25, 0.3) is 0 Å². The second kappa shape index (κ2) is 5.41. The van der Waals surface area contributed by atoms with Crippen LogP contribution < -0.4 is 4.74 Å². The van der Waals surface area contributed by atoms with Gasteiger partial charge < -0.3 is 20.1 Å². The molecule has 7 heteroatoms. The molecule has 1 fully saturated rings. The van der Waals surface area contributed by atoms with Gasteiger partial charge in [0.1, 0.15) is 23.1 Å². The molecule has 17 heavy (non-hydrogen) atoms. The number of ether oxygens (including phenoxy) is 1. The summed E-state index contributed by atoms with van der Waals surface area (Å²) in [5, 5.41) is 28.9. The van der Waals surface area contributed by atoms with Crippen molar-refractivity contribution < 1.29 is 20.1 Å². The number of hydrogen-bond donors (Lipinski definition) is 3. The van der Waals surface area contributed by atoms with Crippen molar-refractivity contribution >= 4 is 23.4 Å². The lowest BCUT2D eigenvalue weighted by molar-refractivity contribution is -0.0786. The molecule has 94 valence electrons. The lowest BCUT2D eigenvalue weighted by atomic mass is 10.1. The van der Waals surface area contributed by atoms with Crippen LogP contribution >= 0.6 is 23.4 Å². The van der Waals surface area contributed by atoms with Gasteiger partial charge in [0.25, 0.3) is 0 Å². The van der Waals surface area contributed by atoms with E-state index in [0.29, 0.717) is 16.7 Å². The minimum absolute atomic E-state index is 0.309. The molecule has 1 aliphatic rings. The molecular weight excluding hydrogens is 266 g/mol. The van der Waals surface area contributed by atoms with Gasteiger partial charge in [-0.25, -0.2) is 4.98 Å². The van der Waals surface area contributed by atoms with Crippen LogP contribution in [-0.2, 0) is 0 Å². The Morgan fingerprint density at radius 3 is 2.71 bits per heavy atom. The molecule has 0 amide bonds. The third-order valence-electron chi connectivity index (χ3n) is 2.41. The molecule has 1 saturated heterocycles. The van der Waals surface area contributed by atoms with E-state index in [1.54, 1.807) is 12.1 Å². The predicted molar refractivity (Wildman–Crippen MR) is 64.1 cm³/mol. The van der Waals surface area contributed by atoms with E-state index >= 15 is 0 Å². The van der Waals surface area contributed by atoms with Gasteiger partial charge in [0, 0.05) is 5.75 Å². The summed E-state index contributed by atoms with van der Waals surface area (Å²) in [5.41, 5.74) is -0.628. The van der Waals surface area contributed by atoms with Gasteiger partial charge in [-0.1, -0.05) is 11.6 Å². The molecule has 0 bridgehead atoms. The molecule has 1 aliphatic heterocycles. The maximum Gasteiger partial charge on any atom is 0.173 e. The van der Waals surface area contributed by atoms with E-state index in [4.69, 9.17) is 16.3 Å². The van der Waals surface area contributed by atoms with Crippen molar-refractivity contribution in [2.75, 3.05) is 5.75 Å². The lowest BCUT2D eigenvalue weighted by Crippen LogP contribution is -2.50. The fraction of sp³-hybridized carbons (Fsp3) is 0.500. The van der Waals surface area contributed by atoms with E-state index in [2.05, 4.69) is 4.98 Å². The van der Waals surface area contributed by atoms with Gasteiger partial charge in [-0.2, -0.15) is 0 Å². The summed E-state index contributed by atoms with van der Waals surface area (Å²) < 4.78 is 5.46. The summed E-state index contributed by atoms with van der Waals surface area (Å²) in [6.45, 7) is 0. The monoisotopic (exact) mass is 277 g/mol. The molecule has 3 N–H and O–H groups in total. The Hall–Kier alpha value is -0.530. The molecule has 2 heterocycles. The summed E-state index contributed by atoms with van der Waals surface area (Å²) in [6.07, 6.45) is -1.83. The van der Waals surface area contributed by atoms with Crippen molar-refractivity contribution in [1.29, 1.82) is 0 Å². The first-order chi connectivity index (χ1) is 8.08. The summed E-state index contributed by atoms with van der Waals surface area (Å²) in [6, 6.07) is 3.20. The Morgan fingerprint density at radius 1 is 1.29 bits per heavy atom. The summed E-state index contributed by atoms with van der Waals surface area (Å²) in [5.74, 6) is 0.763. The molecule has 1 aromatic heterocycles. The molecule has 0 aromatic carbocycles. The molecule has 0 aliphatic carbocycles. The van der Waals surface area contributed by atoms with Crippen LogP contribution in [0.1, 0.15) is 0 Å². The van der Waals surface area contributed by atoms with E-state index in [1.165, 1.54) is 18.0 Å². The number of pyridine rings is 1. The highest BCUT2D eigenvalue weighted by Gasteiger charge is 2.38. The largest absolute Gasteiger partial charge is 0.475 e. The predicted octanol–water partition coefficient (Wildman–Crippen LogP) is 0.269. The fourth-order valence-electron chi connectivity index (χ4n) is 1.45. The fourth-order valence-corrected chi connectivity index (χ4v) is 2.68. The van der Waals surface area contributed by atoms with Gasteiger partial charge in [0.15, 0.2) is 5.44 Å². The first-order valence-electron chi connectivity index (χ1n) is 5.02. The maximum absolute atomic E-state index is 9.72. The second-order valence-corrected chi connectivity index (χ2v) is 5.20. The first kappa shape index (κ1) is 12.9. The third kappa shape index (κ3) is 3.02. The van der Waals surface area contributed by atoms with Crippen LogP contribution in [0.3, 0.4) is 0 Å². The number of thioether (sulfide) groups is 1. The molecule has 5 nitrogen and oxygen atoms in total. The van der Waals surface area contributed by atoms with Crippen molar-refractivity contribution in [3.05, 3.63) is 23.5 Å². The highest BCUT2D eigenvalue weighted by molar-refractivity contribution is 7.99. The van der Waals surface area contributed by atoms with E-state index in [1.807, 2.05) is 0 Å². The van der Waals surface area contributed by atoms with Gasteiger partial charge in [-0.15, -0.1) is 11.8 Å². The Kier molecular flexibility index (Phi) is 4.11. The normalized spacial score (nSPS) is 33.4. The van der Waals surface area contributed by atoms with Crippen LogP contribution in [0, 0.1) is 0 Å². The summed E-state index contributed by atoms with van der Waals surface area (Å²) in [7, 11) is 0. The van der Waals surface area contributed by atoms with E-state index < -0.39 is 23.7 Å². The Morgan fingerprint density at radius 2 is 2.06 bits per heavy atom. The average Bonchev–Trinajstić information content (AvgIpc) is 2.33. The highest BCUT2D eigenvalue weighted by atomic mass is 35.5. The molecular formula is C10H12ClNO4S. The van der Waals surface area contributed by atoms with E-state index in [0.717, 1.165) is 0 Å². The number of nitrogens with zero attached hydrogens (tertiary/aromatic N) is 1. The lowest BCUT2D eigenvalue weighted by Gasteiger charge is -2.34. The van der Waals surface area contributed by atoms with Gasteiger partial charge in [-0.05, 0) is 12.1 Å². The van der Waals surface area contributed by atoms with Gasteiger partial charge in [0.2, 0.25) is 0 Å². The van der Waals surface area contributed by atoms with Gasteiger partial charge in [0.05, 0.1) is 12.3 Å². The van der Waals surface area contributed by atoms with Crippen LogP contribution in [0.4, 0.5) is 0 Å². The zero-order valence-corrected chi connectivity index (χ0v) is 10.3. The van der Waals surface area contributed by atoms with Crippen molar-refractivity contribution in [3.8, 4) is 5.75 Å². The molecule has 4 atom stereocenters. The molecule has 0 radical (unpaired) electrons. The zero-order chi connectivity index (χ0) is 12.4. The van der Waals surface area contributed by atoms with Crippen molar-refractivity contribution in [2.45, 2.75) is 23.7 Å². The highest BCUT2D eigenvalue weighted by Crippen LogP contribution is 2.29. The molecule has 2 rings (SSSR count). The Balaban J connectivity index is 2.01. The number of aliphatic hydroxyl groups is 3. The summed E-state index contributed by atoms with van der Waals surface area (Å²) >= 11 is 6.87. The van der Waals surface area contributed by atoms with Crippen molar-refractivity contribution in [2.24, 2.45) is 0 Å². The third-order valence-corrected chi connectivity index (χ3v) is 3.87. The topological polar surface area (TPSA) is 82.8 Å². The van der Waals surface area contributed by atoms with Crippen LogP contribution in [0.2, 0.25) is 5.15 Å². The maximum atomic E-state index is 9.72. The smallest absolute Gasteiger partial charge is 0.173 e. The second-order valence-electron chi connectivity index (χ2n) is 3.68. The van der Waals surface area contributed by atoms with Gasteiger partial charge >= 0.3 is 0 Å². The van der Waals surface area contributed by atoms with Crippen LogP contribution in [0.5, 0.6) is 5.75 Å². The zero-order valence-electron chi connectivity index (χ0n) is 8.73. The van der Waals surface area contributed by atoms with Crippen LogP contribution in [-0.4, -0.2) is 49.8 Å². The Bertz CT molecular complexity index is 377. The number of aromatic nitrogens is 1. The first-order valence-corrected chi connectivity index (χ1v) is 6.44. The standard InChI is InChI=1S/C10H12ClNO4S/c11-7-2-1-5(3-12-7)16-10-9(15)8(14)6(13)4-17-10/h1-3,6,8-10,13-15H,4H2/t6-,8+,9-,10-/m1/s1. The average molecular weight is 278 g/mol. The minimum atomic E-state index is -1.19. The molecule has 0 unspecified atom stereocenters. The summed E-state index contributed by atoms with van der Waals surface area (Å²) in [4.78, 5) is 3.84. The van der Waals surface area contributed by atoms with Crippen LogP contribution in [0.15, 0.2) is 18.3 Å². The van der Waals surface area contributed by atoms with E-state index in [-0.39, 0.29) is 0 Å². The van der Waals surface area contributed by atoms with Crippen molar-refractivity contribution in [3.63, 3.8) is 0 Å². The van der Waals surface area contributed by atoms with Crippen molar-refractivity contribution in [1.82, 2.24) is 4.98 Å². The SMILES string of the molecule is O[C@@H]1[C@@H](O)[C@H](Oc2ccc(Cl)nc2)SC[C@H]1O. The number of halogens is 1. The minimum Gasteiger partial charge on any atom is -0.475 e. The molecule has 1 aromatic rings. The van der Waals surface area contributed by atoms with Gasteiger partial charge in [-0.3, -0.25) is 0 Å². The number of hydrogen-bond acceptors (Lipinski definition) is 6. The molecule has 0 spiro atoms. The Labute approximate surface area is 107 Å². The number of rotatable bonds is 2. The quantitative estimate of drug-likeness (QED) is 0.673. The van der Waals surface area contributed by atoms with E-state index in [9.17, 15) is 15.3 Å².